The predicted octanol–water partition coefficient (Wildman–Crippen LogP) is 2.20. The van der Waals surface area contributed by atoms with E-state index in [-0.39, 0.29) is 5.82 Å². The summed E-state index contributed by atoms with van der Waals surface area (Å²) >= 11 is 0. The Morgan fingerprint density at radius 2 is 2.22 bits per heavy atom. The van der Waals surface area contributed by atoms with Crippen molar-refractivity contribution in [3.63, 3.8) is 0 Å². The molecular weight excluding hydrogens is 293 g/mol. The second kappa shape index (κ2) is 8.31. The van der Waals surface area contributed by atoms with E-state index in [1.54, 1.807) is 16.8 Å². The van der Waals surface area contributed by atoms with Gasteiger partial charge in [0.05, 0.1) is 6.20 Å². The summed E-state index contributed by atoms with van der Waals surface area (Å²) in [5, 5.41) is 7.43. The molecule has 0 saturated heterocycles. The molecule has 0 aliphatic carbocycles. The summed E-state index contributed by atoms with van der Waals surface area (Å²) in [7, 11) is 3.86. The molecule has 0 aliphatic rings. The predicted molar refractivity (Wildman–Crippen MR) is 90.8 cm³/mol. The van der Waals surface area contributed by atoms with Gasteiger partial charge < -0.3 is 10.2 Å². The highest BCUT2D eigenvalue weighted by Gasteiger charge is 2.07. The highest BCUT2D eigenvalue weighted by molar-refractivity contribution is 5.79. The molecule has 2 aromatic rings. The zero-order chi connectivity index (χ0) is 16.7. The number of benzene rings is 1. The van der Waals surface area contributed by atoms with Gasteiger partial charge in [0.15, 0.2) is 5.96 Å². The lowest BCUT2D eigenvalue weighted by molar-refractivity contribution is 0.475. The van der Waals surface area contributed by atoms with E-state index in [0.29, 0.717) is 13.1 Å². The molecule has 2 rings (SSSR count). The van der Waals surface area contributed by atoms with Crippen LogP contribution in [0.25, 0.3) is 0 Å². The highest BCUT2D eigenvalue weighted by atomic mass is 19.1. The third-order valence-electron chi connectivity index (χ3n) is 3.43. The van der Waals surface area contributed by atoms with Gasteiger partial charge in [0, 0.05) is 39.9 Å². The van der Waals surface area contributed by atoms with Crippen LogP contribution in [0.4, 0.5) is 4.39 Å². The fourth-order valence-corrected chi connectivity index (χ4v) is 2.35. The average Bonchev–Trinajstić information content (AvgIpc) is 2.92. The molecule has 0 bridgehead atoms. The van der Waals surface area contributed by atoms with E-state index < -0.39 is 0 Å². The summed E-state index contributed by atoms with van der Waals surface area (Å²) in [6.45, 7) is 4.11. The smallest absolute Gasteiger partial charge is 0.193 e. The minimum atomic E-state index is -0.214. The summed E-state index contributed by atoms with van der Waals surface area (Å²) in [6.07, 6.45) is 4.70. The van der Waals surface area contributed by atoms with Crippen LogP contribution in [0.3, 0.4) is 0 Å². The van der Waals surface area contributed by atoms with Crippen molar-refractivity contribution in [1.29, 1.82) is 0 Å². The standard InChI is InChI=1S/C17H24FN5/c1-4-19-17(20-9-8-15-11-21-23(3)13-15)22(2)12-14-6-5-7-16(18)10-14/h5-7,10-11,13H,4,8-9,12H2,1-3H3,(H,19,20). The number of nitrogens with zero attached hydrogens (tertiary/aromatic N) is 4. The molecule has 0 atom stereocenters. The van der Waals surface area contributed by atoms with Gasteiger partial charge in [-0.3, -0.25) is 9.67 Å². The monoisotopic (exact) mass is 317 g/mol. The van der Waals surface area contributed by atoms with Gasteiger partial charge in [0.1, 0.15) is 5.82 Å². The van der Waals surface area contributed by atoms with E-state index in [1.807, 2.05) is 44.4 Å². The first kappa shape index (κ1) is 17.0. The van der Waals surface area contributed by atoms with Crippen molar-refractivity contribution in [2.75, 3.05) is 20.1 Å². The molecule has 5 nitrogen and oxygen atoms in total. The third-order valence-corrected chi connectivity index (χ3v) is 3.43. The van der Waals surface area contributed by atoms with Crippen LogP contribution in [-0.4, -0.2) is 40.8 Å². The molecule has 1 aromatic carbocycles. The lowest BCUT2D eigenvalue weighted by Crippen LogP contribution is -2.38. The Bertz CT molecular complexity index is 650. The van der Waals surface area contributed by atoms with Crippen molar-refractivity contribution in [3.05, 3.63) is 53.6 Å². The van der Waals surface area contributed by atoms with Crippen molar-refractivity contribution < 1.29 is 4.39 Å². The van der Waals surface area contributed by atoms with E-state index >= 15 is 0 Å². The quantitative estimate of drug-likeness (QED) is 0.656. The Labute approximate surface area is 136 Å². The van der Waals surface area contributed by atoms with E-state index in [2.05, 4.69) is 15.4 Å². The van der Waals surface area contributed by atoms with Crippen molar-refractivity contribution >= 4 is 5.96 Å². The minimum Gasteiger partial charge on any atom is -0.357 e. The highest BCUT2D eigenvalue weighted by Crippen LogP contribution is 2.06. The SMILES string of the molecule is CCNC(=NCCc1cnn(C)c1)N(C)Cc1cccc(F)c1. The molecule has 1 heterocycles. The first-order valence-corrected chi connectivity index (χ1v) is 7.80. The van der Waals surface area contributed by atoms with E-state index in [4.69, 9.17) is 0 Å². The Kier molecular flexibility index (Phi) is 6.14. The molecule has 0 saturated carbocycles. The largest absolute Gasteiger partial charge is 0.357 e. The zero-order valence-corrected chi connectivity index (χ0v) is 14.0. The molecule has 0 amide bonds. The van der Waals surface area contributed by atoms with Crippen LogP contribution in [0, 0.1) is 5.82 Å². The Balaban J connectivity index is 1.96. The summed E-state index contributed by atoms with van der Waals surface area (Å²) in [4.78, 5) is 6.64. The van der Waals surface area contributed by atoms with Crippen LogP contribution >= 0.6 is 0 Å². The number of aryl methyl sites for hydroxylation is 1. The summed E-state index contributed by atoms with van der Waals surface area (Å²) in [5.74, 6) is 0.607. The molecule has 1 N–H and O–H groups in total. The minimum absolute atomic E-state index is 0.214. The maximum absolute atomic E-state index is 13.3. The maximum atomic E-state index is 13.3. The van der Waals surface area contributed by atoms with Crippen LogP contribution in [0.1, 0.15) is 18.1 Å². The van der Waals surface area contributed by atoms with Gasteiger partial charge in [-0.2, -0.15) is 5.10 Å². The average molecular weight is 317 g/mol. The lowest BCUT2D eigenvalue weighted by Gasteiger charge is -2.22. The summed E-state index contributed by atoms with van der Waals surface area (Å²) in [6, 6.07) is 6.65. The Morgan fingerprint density at radius 3 is 2.87 bits per heavy atom. The fourth-order valence-electron chi connectivity index (χ4n) is 2.35. The second-order valence-corrected chi connectivity index (χ2v) is 5.49. The Morgan fingerprint density at radius 1 is 1.39 bits per heavy atom. The van der Waals surface area contributed by atoms with Crippen LogP contribution in [0.2, 0.25) is 0 Å². The van der Waals surface area contributed by atoms with E-state index in [9.17, 15) is 4.39 Å². The molecule has 0 spiro atoms. The topological polar surface area (TPSA) is 45.5 Å². The van der Waals surface area contributed by atoms with Gasteiger partial charge in [-0.1, -0.05) is 12.1 Å². The Hall–Kier alpha value is -2.37. The number of aromatic nitrogens is 2. The van der Waals surface area contributed by atoms with Gasteiger partial charge in [0.25, 0.3) is 0 Å². The summed E-state index contributed by atoms with van der Waals surface area (Å²) in [5.41, 5.74) is 2.09. The fraction of sp³-hybridized carbons (Fsp3) is 0.412. The molecule has 0 radical (unpaired) electrons. The maximum Gasteiger partial charge on any atom is 0.193 e. The van der Waals surface area contributed by atoms with Crippen LogP contribution in [0.5, 0.6) is 0 Å². The molecule has 23 heavy (non-hydrogen) atoms. The van der Waals surface area contributed by atoms with Crippen molar-refractivity contribution in [2.45, 2.75) is 19.9 Å². The van der Waals surface area contributed by atoms with Gasteiger partial charge in [-0.05, 0) is 36.6 Å². The van der Waals surface area contributed by atoms with Gasteiger partial charge in [-0.25, -0.2) is 4.39 Å². The number of guanidine groups is 1. The summed E-state index contributed by atoms with van der Waals surface area (Å²) < 4.78 is 15.1. The number of rotatable bonds is 6. The molecule has 0 unspecified atom stereocenters. The normalized spacial score (nSPS) is 11.6. The molecule has 124 valence electrons. The van der Waals surface area contributed by atoms with Crippen molar-refractivity contribution in [2.24, 2.45) is 12.0 Å². The first-order valence-electron chi connectivity index (χ1n) is 7.80. The van der Waals surface area contributed by atoms with E-state index in [1.165, 1.54) is 11.6 Å². The van der Waals surface area contributed by atoms with Crippen molar-refractivity contribution in [3.8, 4) is 0 Å². The molecule has 1 aromatic heterocycles. The van der Waals surface area contributed by atoms with Crippen molar-refractivity contribution in [1.82, 2.24) is 20.0 Å². The number of aliphatic imine (C=N–C) groups is 1. The van der Waals surface area contributed by atoms with Crippen LogP contribution in [-0.2, 0) is 20.0 Å². The molecule has 0 fully saturated rings. The van der Waals surface area contributed by atoms with Gasteiger partial charge >= 0.3 is 0 Å². The number of hydrogen-bond acceptors (Lipinski definition) is 2. The third kappa shape index (κ3) is 5.39. The van der Waals surface area contributed by atoms with E-state index in [0.717, 1.165) is 24.5 Å². The number of halogens is 1. The lowest BCUT2D eigenvalue weighted by atomic mass is 10.2. The molecule has 6 heteroatoms. The molecular formula is C17H24FN5. The zero-order valence-electron chi connectivity index (χ0n) is 14.0. The second-order valence-electron chi connectivity index (χ2n) is 5.49. The number of nitrogens with one attached hydrogen (secondary N) is 1. The first-order chi connectivity index (χ1) is 11.1. The van der Waals surface area contributed by atoms with Gasteiger partial charge in [-0.15, -0.1) is 0 Å². The van der Waals surface area contributed by atoms with Crippen LogP contribution < -0.4 is 5.32 Å². The van der Waals surface area contributed by atoms with Gasteiger partial charge in [0.2, 0.25) is 0 Å². The van der Waals surface area contributed by atoms with Crippen LogP contribution in [0.15, 0.2) is 41.7 Å². The number of hydrogen-bond donors (Lipinski definition) is 1. The molecule has 0 aliphatic heterocycles.